The number of carbonyl (C=O) groups excluding carboxylic acids is 1. The average Bonchev–Trinajstić information content (AvgIpc) is 2.24. The second kappa shape index (κ2) is 4.55. The van der Waals surface area contributed by atoms with E-state index in [1.807, 2.05) is 13.8 Å². The van der Waals surface area contributed by atoms with Gasteiger partial charge in [0.25, 0.3) is 0 Å². The van der Waals surface area contributed by atoms with Gasteiger partial charge in [0.05, 0.1) is 12.1 Å². The van der Waals surface area contributed by atoms with E-state index in [1.54, 1.807) is 6.08 Å². The molecule has 1 heterocycles. The van der Waals surface area contributed by atoms with E-state index in [-0.39, 0.29) is 24.1 Å². The maximum atomic E-state index is 11.6. The third kappa shape index (κ3) is 2.13. The highest BCUT2D eigenvalue weighted by Gasteiger charge is 2.50. The highest BCUT2D eigenvalue weighted by Crippen LogP contribution is 2.36. The molecule has 0 aromatic carbocycles. The van der Waals surface area contributed by atoms with Gasteiger partial charge in [0, 0.05) is 24.6 Å². The Balaban J connectivity index is 1.91. The molecule has 0 aromatic heterocycles. The van der Waals surface area contributed by atoms with Crippen LogP contribution in [-0.4, -0.2) is 30.7 Å². The predicted octanol–water partition coefficient (Wildman–Crippen LogP) is 0.574. The van der Waals surface area contributed by atoms with Crippen molar-refractivity contribution < 1.29 is 9.53 Å². The number of hydrogen-bond acceptors (Lipinski definition) is 3. The predicted molar refractivity (Wildman–Crippen MR) is 61.8 cm³/mol. The van der Waals surface area contributed by atoms with Gasteiger partial charge >= 0.3 is 0 Å². The van der Waals surface area contributed by atoms with Gasteiger partial charge in [-0.25, -0.2) is 0 Å². The van der Waals surface area contributed by atoms with Crippen LogP contribution in [-0.2, 0) is 9.53 Å². The van der Waals surface area contributed by atoms with Crippen molar-refractivity contribution in [1.29, 1.82) is 0 Å². The molecular weight excluding hydrogens is 204 g/mol. The first-order valence-electron chi connectivity index (χ1n) is 5.92. The topological polar surface area (TPSA) is 64.4 Å². The molecule has 16 heavy (non-hydrogen) atoms. The normalized spacial score (nSPS) is 36.9. The molecule has 4 atom stereocenters. The zero-order valence-electron chi connectivity index (χ0n) is 9.90. The summed E-state index contributed by atoms with van der Waals surface area (Å²) in [7, 11) is 0. The van der Waals surface area contributed by atoms with Crippen LogP contribution in [0.3, 0.4) is 0 Å². The second-order valence-corrected chi connectivity index (χ2v) is 4.97. The Labute approximate surface area is 96.2 Å². The number of fused-ring (bicyclic) bond motifs is 1. The summed E-state index contributed by atoms with van der Waals surface area (Å²) in [6.07, 6.45) is 3.95. The maximum Gasteiger partial charge on any atom is 0.244 e. The van der Waals surface area contributed by atoms with Gasteiger partial charge < -0.3 is 15.8 Å². The smallest absolute Gasteiger partial charge is 0.244 e. The van der Waals surface area contributed by atoms with Crippen LogP contribution < -0.4 is 11.1 Å². The number of rotatable bonds is 2. The minimum absolute atomic E-state index is 0.00611. The lowest BCUT2D eigenvalue weighted by atomic mass is 9.68. The van der Waals surface area contributed by atoms with Crippen molar-refractivity contribution in [2.75, 3.05) is 6.61 Å². The standard InChI is InChI=1S/C12H20N2O2/c1-7(2)6-9(15)14-11-10(13)8-4-3-5-16-12(8)11/h6,8,10-12H,3-5,13H2,1-2H3,(H,14,15). The number of nitrogens with one attached hydrogen (secondary N) is 1. The van der Waals surface area contributed by atoms with Crippen LogP contribution in [0.5, 0.6) is 0 Å². The Hall–Kier alpha value is -0.870. The van der Waals surface area contributed by atoms with Crippen molar-refractivity contribution in [2.45, 2.75) is 44.9 Å². The number of amides is 1. The van der Waals surface area contributed by atoms with Gasteiger partial charge in [0.15, 0.2) is 0 Å². The molecule has 1 saturated heterocycles. The van der Waals surface area contributed by atoms with E-state index in [0.717, 1.165) is 25.0 Å². The number of nitrogens with two attached hydrogens (primary N) is 1. The van der Waals surface area contributed by atoms with Gasteiger partial charge in [-0.05, 0) is 26.7 Å². The largest absolute Gasteiger partial charge is 0.376 e. The SMILES string of the molecule is CC(C)=CC(=O)NC1C(N)C2CCCOC21. The van der Waals surface area contributed by atoms with Crippen LogP contribution in [0.25, 0.3) is 0 Å². The molecule has 0 spiro atoms. The zero-order chi connectivity index (χ0) is 11.7. The van der Waals surface area contributed by atoms with Crippen LogP contribution in [0.1, 0.15) is 26.7 Å². The van der Waals surface area contributed by atoms with Gasteiger partial charge in [-0.1, -0.05) is 5.57 Å². The molecule has 1 saturated carbocycles. The van der Waals surface area contributed by atoms with Gasteiger partial charge in [0.2, 0.25) is 5.91 Å². The minimum atomic E-state index is -0.0620. The lowest BCUT2D eigenvalue weighted by Gasteiger charge is -2.52. The molecule has 3 N–H and O–H groups in total. The molecule has 0 bridgehead atoms. The Bertz CT molecular complexity index is 310. The molecule has 4 unspecified atom stereocenters. The quantitative estimate of drug-likeness (QED) is 0.674. The molecule has 4 heteroatoms. The molecule has 2 rings (SSSR count). The summed E-state index contributed by atoms with van der Waals surface area (Å²) in [5.41, 5.74) is 7.03. The van der Waals surface area contributed by atoms with E-state index < -0.39 is 0 Å². The summed E-state index contributed by atoms with van der Waals surface area (Å²) in [5.74, 6) is 0.374. The van der Waals surface area contributed by atoms with Crippen molar-refractivity contribution in [3.05, 3.63) is 11.6 Å². The summed E-state index contributed by atoms with van der Waals surface area (Å²) in [6.45, 7) is 4.60. The summed E-state index contributed by atoms with van der Waals surface area (Å²) in [4.78, 5) is 11.6. The number of allylic oxidation sites excluding steroid dienone is 1. The lowest BCUT2D eigenvalue weighted by Crippen LogP contribution is -2.71. The summed E-state index contributed by atoms with van der Waals surface area (Å²) in [5, 5.41) is 2.93. The summed E-state index contributed by atoms with van der Waals surface area (Å²) < 4.78 is 5.65. The molecule has 1 amide bonds. The zero-order valence-corrected chi connectivity index (χ0v) is 9.90. The molecule has 2 aliphatic rings. The Morgan fingerprint density at radius 1 is 1.50 bits per heavy atom. The van der Waals surface area contributed by atoms with E-state index in [0.29, 0.717) is 5.92 Å². The highest BCUT2D eigenvalue weighted by molar-refractivity contribution is 5.88. The van der Waals surface area contributed by atoms with E-state index in [2.05, 4.69) is 5.32 Å². The van der Waals surface area contributed by atoms with Gasteiger partial charge in [0.1, 0.15) is 0 Å². The molecule has 0 aromatic rings. The molecule has 1 aliphatic heterocycles. The van der Waals surface area contributed by atoms with Crippen LogP contribution >= 0.6 is 0 Å². The molecular formula is C12H20N2O2. The van der Waals surface area contributed by atoms with Crippen molar-refractivity contribution in [3.8, 4) is 0 Å². The van der Waals surface area contributed by atoms with Gasteiger partial charge in [-0.3, -0.25) is 4.79 Å². The van der Waals surface area contributed by atoms with E-state index >= 15 is 0 Å². The molecule has 1 aliphatic carbocycles. The lowest BCUT2D eigenvalue weighted by molar-refractivity contribution is -0.136. The first kappa shape index (κ1) is 11.6. The Morgan fingerprint density at radius 3 is 2.94 bits per heavy atom. The third-order valence-electron chi connectivity index (χ3n) is 3.41. The van der Waals surface area contributed by atoms with E-state index in [1.165, 1.54) is 0 Å². The fourth-order valence-electron chi connectivity index (χ4n) is 2.59. The van der Waals surface area contributed by atoms with Crippen molar-refractivity contribution in [1.82, 2.24) is 5.32 Å². The first-order valence-corrected chi connectivity index (χ1v) is 5.92. The average molecular weight is 224 g/mol. The van der Waals surface area contributed by atoms with Crippen molar-refractivity contribution in [3.63, 3.8) is 0 Å². The van der Waals surface area contributed by atoms with Crippen molar-refractivity contribution >= 4 is 5.91 Å². The molecule has 4 nitrogen and oxygen atoms in total. The first-order chi connectivity index (χ1) is 7.59. The number of ether oxygens (including phenoxy) is 1. The number of hydrogen-bond donors (Lipinski definition) is 2. The van der Waals surface area contributed by atoms with Gasteiger partial charge in [-0.15, -0.1) is 0 Å². The fourth-order valence-corrected chi connectivity index (χ4v) is 2.59. The monoisotopic (exact) mass is 224 g/mol. The maximum absolute atomic E-state index is 11.6. The second-order valence-electron chi connectivity index (χ2n) is 4.97. The highest BCUT2D eigenvalue weighted by atomic mass is 16.5. The summed E-state index contributed by atoms with van der Waals surface area (Å²) >= 11 is 0. The van der Waals surface area contributed by atoms with Crippen molar-refractivity contribution in [2.24, 2.45) is 11.7 Å². The third-order valence-corrected chi connectivity index (χ3v) is 3.41. The minimum Gasteiger partial charge on any atom is -0.376 e. The molecule has 2 fully saturated rings. The van der Waals surface area contributed by atoms with Crippen LogP contribution in [0.2, 0.25) is 0 Å². The Morgan fingerprint density at radius 2 is 2.25 bits per heavy atom. The van der Waals surface area contributed by atoms with Crippen LogP contribution in [0.15, 0.2) is 11.6 Å². The number of carbonyl (C=O) groups is 1. The van der Waals surface area contributed by atoms with E-state index in [4.69, 9.17) is 10.5 Å². The van der Waals surface area contributed by atoms with E-state index in [9.17, 15) is 4.79 Å². The fraction of sp³-hybridized carbons (Fsp3) is 0.750. The van der Waals surface area contributed by atoms with Crippen LogP contribution in [0, 0.1) is 5.92 Å². The summed E-state index contributed by atoms with van der Waals surface area (Å²) in [6, 6.07) is 0.0493. The van der Waals surface area contributed by atoms with Crippen LogP contribution in [0.4, 0.5) is 0 Å². The van der Waals surface area contributed by atoms with Gasteiger partial charge in [-0.2, -0.15) is 0 Å². The molecule has 0 radical (unpaired) electrons. The Kier molecular flexibility index (Phi) is 3.30. The molecule has 90 valence electrons.